The number of aromatic hydroxyl groups is 1. The van der Waals surface area contributed by atoms with Crippen LogP contribution < -0.4 is 15.4 Å². The van der Waals surface area contributed by atoms with Crippen LogP contribution in [0.2, 0.25) is 5.02 Å². The molecule has 0 saturated carbocycles. The van der Waals surface area contributed by atoms with E-state index in [4.69, 9.17) is 21.7 Å². The monoisotopic (exact) mass is 359 g/mol. The molecule has 2 rings (SSSR count). The fourth-order valence-electron chi connectivity index (χ4n) is 2.19. The number of pyridine rings is 1. The number of nitriles is 1. The molecule has 0 radical (unpaired) electrons. The van der Waals surface area contributed by atoms with Crippen molar-refractivity contribution in [2.45, 2.75) is 0 Å². The van der Waals surface area contributed by atoms with Crippen LogP contribution in [0.1, 0.15) is 15.9 Å². The highest BCUT2D eigenvalue weighted by atomic mass is 35.5. The lowest BCUT2D eigenvalue weighted by Gasteiger charge is -2.15. The Morgan fingerprint density at radius 3 is 2.76 bits per heavy atom. The van der Waals surface area contributed by atoms with Crippen molar-refractivity contribution in [2.24, 2.45) is 0 Å². The van der Waals surface area contributed by atoms with Crippen LogP contribution in [0.4, 0.5) is 0 Å². The van der Waals surface area contributed by atoms with Gasteiger partial charge in [0.15, 0.2) is 5.96 Å². The van der Waals surface area contributed by atoms with Gasteiger partial charge in [-0.1, -0.05) is 11.6 Å². The topological polar surface area (TPSA) is 131 Å². The minimum absolute atomic E-state index is 0.0878. The van der Waals surface area contributed by atoms with Gasteiger partial charge in [-0.2, -0.15) is 5.26 Å². The van der Waals surface area contributed by atoms with Crippen molar-refractivity contribution in [3.8, 4) is 28.8 Å². The number of rotatable bonds is 3. The summed E-state index contributed by atoms with van der Waals surface area (Å²) >= 11 is 6.27. The van der Waals surface area contributed by atoms with Crippen LogP contribution in [0.5, 0.6) is 11.6 Å². The largest absolute Gasteiger partial charge is 0.507 e. The van der Waals surface area contributed by atoms with Crippen molar-refractivity contribution in [2.75, 3.05) is 14.2 Å². The van der Waals surface area contributed by atoms with Crippen LogP contribution >= 0.6 is 11.6 Å². The number of carbonyl (C=O) groups is 1. The van der Waals surface area contributed by atoms with Crippen LogP contribution in [0.15, 0.2) is 24.4 Å². The van der Waals surface area contributed by atoms with Gasteiger partial charge < -0.3 is 15.2 Å². The number of hydrogen-bond donors (Lipinski definition) is 4. The lowest BCUT2D eigenvalue weighted by atomic mass is 9.94. The average Bonchev–Trinajstić information content (AvgIpc) is 2.61. The third-order valence-corrected chi connectivity index (χ3v) is 3.70. The normalized spacial score (nSPS) is 9.84. The fourth-order valence-corrected chi connectivity index (χ4v) is 2.48. The van der Waals surface area contributed by atoms with Crippen LogP contribution in [0.25, 0.3) is 11.1 Å². The molecule has 0 aliphatic carbocycles. The standard InChI is InChI=1S/C16H14ClN5O3/c1-20-16(19)22-14(24)12-10(23)4-3-8(7-18)11(12)9-5-6-21-15(25-2)13(9)17/h3-6,23H,1-2H3,(H3,19,20,22,24). The molecule has 1 aromatic carbocycles. The first kappa shape index (κ1) is 18.0. The quantitative estimate of drug-likeness (QED) is 0.488. The number of hydrogen-bond acceptors (Lipinski definition) is 6. The molecule has 1 amide bonds. The number of halogens is 1. The molecule has 0 unspecified atom stereocenters. The molecular formula is C16H14ClN5O3. The summed E-state index contributed by atoms with van der Waals surface area (Å²) in [6.07, 6.45) is 1.41. The molecule has 0 atom stereocenters. The van der Waals surface area contributed by atoms with Crippen LogP contribution in [0.3, 0.4) is 0 Å². The highest BCUT2D eigenvalue weighted by Crippen LogP contribution is 2.39. The van der Waals surface area contributed by atoms with Crippen molar-refractivity contribution < 1.29 is 14.6 Å². The average molecular weight is 360 g/mol. The van der Waals surface area contributed by atoms with Gasteiger partial charge in [0.2, 0.25) is 5.88 Å². The smallest absolute Gasteiger partial charge is 0.262 e. The van der Waals surface area contributed by atoms with E-state index in [0.29, 0.717) is 5.56 Å². The highest BCUT2D eigenvalue weighted by molar-refractivity contribution is 6.35. The Hall–Kier alpha value is -3.31. The van der Waals surface area contributed by atoms with Gasteiger partial charge in [0.1, 0.15) is 10.8 Å². The molecule has 2 aromatic rings. The first-order valence-corrected chi connectivity index (χ1v) is 7.35. The van der Waals surface area contributed by atoms with E-state index in [1.165, 1.54) is 38.6 Å². The molecule has 0 saturated heterocycles. The molecule has 1 aromatic heterocycles. The van der Waals surface area contributed by atoms with Crippen molar-refractivity contribution in [3.63, 3.8) is 0 Å². The first-order valence-electron chi connectivity index (χ1n) is 6.97. The number of phenolic OH excluding ortho intramolecular Hbond substituents is 1. The number of ether oxygens (including phenoxy) is 1. The minimum Gasteiger partial charge on any atom is -0.507 e. The number of aromatic nitrogens is 1. The molecule has 1 heterocycles. The molecule has 0 aliphatic rings. The zero-order valence-electron chi connectivity index (χ0n) is 13.3. The molecule has 128 valence electrons. The van der Waals surface area contributed by atoms with Gasteiger partial charge in [-0.15, -0.1) is 0 Å². The molecule has 9 heteroatoms. The van der Waals surface area contributed by atoms with E-state index in [1.807, 2.05) is 6.07 Å². The maximum Gasteiger partial charge on any atom is 0.262 e. The summed E-state index contributed by atoms with van der Waals surface area (Å²) in [5.41, 5.74) is 0.347. The molecule has 25 heavy (non-hydrogen) atoms. The van der Waals surface area contributed by atoms with E-state index in [2.05, 4.69) is 15.6 Å². The van der Waals surface area contributed by atoms with E-state index in [1.54, 1.807) is 0 Å². The Morgan fingerprint density at radius 1 is 1.44 bits per heavy atom. The van der Waals surface area contributed by atoms with E-state index in [-0.39, 0.29) is 39.3 Å². The maximum absolute atomic E-state index is 12.5. The van der Waals surface area contributed by atoms with Crippen molar-refractivity contribution in [1.82, 2.24) is 15.6 Å². The van der Waals surface area contributed by atoms with Gasteiger partial charge in [0, 0.05) is 24.4 Å². The predicted molar refractivity (Wildman–Crippen MR) is 91.9 cm³/mol. The second-order valence-electron chi connectivity index (χ2n) is 4.75. The number of nitrogens with one attached hydrogen (secondary N) is 3. The minimum atomic E-state index is -0.768. The molecule has 0 spiro atoms. The van der Waals surface area contributed by atoms with Crippen LogP contribution in [-0.4, -0.2) is 36.1 Å². The number of phenols is 1. The molecule has 0 aliphatic heterocycles. The second-order valence-corrected chi connectivity index (χ2v) is 5.13. The summed E-state index contributed by atoms with van der Waals surface area (Å²) in [5.74, 6) is -1.28. The maximum atomic E-state index is 12.5. The third-order valence-electron chi connectivity index (χ3n) is 3.34. The lowest BCUT2D eigenvalue weighted by molar-refractivity contribution is 0.0974. The molecule has 8 nitrogen and oxygen atoms in total. The van der Waals surface area contributed by atoms with Gasteiger partial charge in [-0.25, -0.2) is 4.98 Å². The van der Waals surface area contributed by atoms with Gasteiger partial charge in [0.25, 0.3) is 5.91 Å². The Bertz CT molecular complexity index is 892. The second kappa shape index (κ2) is 7.51. The summed E-state index contributed by atoms with van der Waals surface area (Å²) in [6, 6.07) is 6.07. The number of methoxy groups -OCH3 is 1. The zero-order valence-corrected chi connectivity index (χ0v) is 14.1. The number of benzene rings is 1. The molecule has 0 fully saturated rings. The summed E-state index contributed by atoms with van der Waals surface area (Å²) in [4.78, 5) is 16.5. The van der Waals surface area contributed by atoms with Crippen molar-refractivity contribution in [3.05, 3.63) is 40.5 Å². The Kier molecular flexibility index (Phi) is 5.41. The first-order chi connectivity index (χ1) is 11.9. The summed E-state index contributed by atoms with van der Waals surface area (Å²) in [5, 5.41) is 31.9. The van der Waals surface area contributed by atoms with Crippen molar-refractivity contribution >= 4 is 23.5 Å². The Balaban J connectivity index is 2.77. The highest BCUT2D eigenvalue weighted by Gasteiger charge is 2.24. The van der Waals surface area contributed by atoms with Gasteiger partial charge in [-0.3, -0.25) is 15.5 Å². The van der Waals surface area contributed by atoms with E-state index in [9.17, 15) is 15.2 Å². The number of guanidine groups is 1. The number of amides is 1. The zero-order chi connectivity index (χ0) is 18.6. The Labute approximate surface area is 148 Å². The van der Waals surface area contributed by atoms with Crippen LogP contribution in [-0.2, 0) is 0 Å². The molecule has 4 N–H and O–H groups in total. The van der Waals surface area contributed by atoms with E-state index >= 15 is 0 Å². The van der Waals surface area contributed by atoms with Crippen molar-refractivity contribution in [1.29, 1.82) is 10.7 Å². The van der Waals surface area contributed by atoms with Gasteiger partial charge in [0.05, 0.1) is 24.3 Å². The fraction of sp³-hybridized carbons (Fsp3) is 0.125. The van der Waals surface area contributed by atoms with Gasteiger partial charge >= 0.3 is 0 Å². The number of carbonyl (C=O) groups excluding carboxylic acids is 1. The summed E-state index contributed by atoms with van der Waals surface area (Å²) < 4.78 is 5.06. The van der Waals surface area contributed by atoms with Gasteiger partial charge in [-0.05, 0) is 18.2 Å². The summed E-state index contributed by atoms with van der Waals surface area (Å²) in [7, 11) is 2.84. The number of nitrogens with zero attached hydrogens (tertiary/aromatic N) is 2. The SMILES string of the molecule is CNC(=N)NC(=O)c1c(O)ccc(C#N)c1-c1ccnc(OC)c1Cl. The Morgan fingerprint density at radius 2 is 2.16 bits per heavy atom. The van der Waals surface area contributed by atoms with Crippen LogP contribution in [0, 0.1) is 16.7 Å². The predicted octanol–water partition coefficient (Wildman–Crippen LogP) is 1.87. The summed E-state index contributed by atoms with van der Waals surface area (Å²) in [6.45, 7) is 0. The molecule has 0 bridgehead atoms. The lowest BCUT2D eigenvalue weighted by Crippen LogP contribution is -2.38. The van der Waals surface area contributed by atoms with E-state index in [0.717, 1.165) is 0 Å². The third kappa shape index (κ3) is 3.46. The molecular weight excluding hydrogens is 346 g/mol. The van der Waals surface area contributed by atoms with E-state index < -0.39 is 5.91 Å².